The van der Waals surface area contributed by atoms with Crippen molar-refractivity contribution in [2.45, 2.75) is 44.9 Å². The van der Waals surface area contributed by atoms with Crippen molar-refractivity contribution in [2.75, 3.05) is 40.4 Å². The molecule has 1 aromatic carbocycles. The van der Waals surface area contributed by atoms with Crippen LogP contribution in [0.15, 0.2) is 18.2 Å². The van der Waals surface area contributed by atoms with Crippen LogP contribution in [0.5, 0.6) is 11.5 Å². The number of rotatable bonds is 7. The molecule has 0 spiro atoms. The van der Waals surface area contributed by atoms with Gasteiger partial charge in [-0.1, -0.05) is 25.3 Å². The van der Waals surface area contributed by atoms with E-state index < -0.39 is 0 Å². The predicted octanol–water partition coefficient (Wildman–Crippen LogP) is 2.31. The second kappa shape index (κ2) is 9.98. The molecule has 0 aromatic heterocycles. The number of hydrogen-bond donors (Lipinski definition) is 2. The summed E-state index contributed by atoms with van der Waals surface area (Å²) in [5.41, 5.74) is 0.539. The summed E-state index contributed by atoms with van der Waals surface area (Å²) in [6, 6.07) is 5.41. The van der Waals surface area contributed by atoms with Crippen LogP contribution in [0.1, 0.15) is 55.3 Å². The first-order chi connectivity index (χ1) is 13.2. The molecule has 3 rings (SSSR count). The number of hydrogen-bond acceptors (Lipinski definition) is 3. The molecule has 1 heterocycles. The van der Waals surface area contributed by atoms with Crippen molar-refractivity contribution in [1.82, 2.24) is 5.32 Å². The van der Waals surface area contributed by atoms with Crippen molar-refractivity contribution >= 4 is 5.91 Å². The van der Waals surface area contributed by atoms with Crippen LogP contribution in [0.2, 0.25) is 0 Å². The van der Waals surface area contributed by atoms with Crippen LogP contribution in [0.4, 0.5) is 0 Å². The Morgan fingerprint density at radius 3 is 2.44 bits per heavy atom. The average Bonchev–Trinajstić information content (AvgIpc) is 2.73. The molecular weight excluding hydrogens is 340 g/mol. The van der Waals surface area contributed by atoms with E-state index in [1.807, 2.05) is 6.07 Å². The number of carbonyl (C=O) groups is 1. The van der Waals surface area contributed by atoms with Gasteiger partial charge in [-0.05, 0) is 30.9 Å². The van der Waals surface area contributed by atoms with Gasteiger partial charge in [0.15, 0.2) is 11.5 Å². The molecule has 2 fully saturated rings. The second-order valence-electron chi connectivity index (χ2n) is 8.15. The number of ether oxygens (including phenoxy) is 2. The number of quaternary nitrogens is 1. The summed E-state index contributed by atoms with van der Waals surface area (Å²) in [7, 11) is 3.16. The third-order valence-corrected chi connectivity index (χ3v) is 6.31. The Morgan fingerprint density at radius 2 is 1.78 bits per heavy atom. The number of methoxy groups -OCH3 is 2. The van der Waals surface area contributed by atoms with E-state index in [-0.39, 0.29) is 5.91 Å². The second-order valence-corrected chi connectivity index (χ2v) is 8.15. The van der Waals surface area contributed by atoms with Crippen LogP contribution < -0.4 is 19.7 Å². The van der Waals surface area contributed by atoms with Crippen molar-refractivity contribution < 1.29 is 19.2 Å². The molecule has 0 atom stereocenters. The van der Waals surface area contributed by atoms with E-state index in [0.29, 0.717) is 23.0 Å². The maximum atomic E-state index is 12.6. The highest BCUT2D eigenvalue weighted by Crippen LogP contribution is 2.30. The highest BCUT2D eigenvalue weighted by Gasteiger charge is 2.26. The van der Waals surface area contributed by atoms with Crippen LogP contribution in [-0.4, -0.2) is 46.3 Å². The van der Waals surface area contributed by atoms with Gasteiger partial charge >= 0.3 is 0 Å². The predicted molar refractivity (Wildman–Crippen MR) is 107 cm³/mol. The number of piperidine rings is 1. The van der Waals surface area contributed by atoms with Gasteiger partial charge in [-0.2, -0.15) is 0 Å². The summed E-state index contributed by atoms with van der Waals surface area (Å²) < 4.78 is 10.7. The van der Waals surface area contributed by atoms with Crippen molar-refractivity contribution in [3.8, 4) is 11.5 Å². The van der Waals surface area contributed by atoms with Gasteiger partial charge in [0.05, 0.1) is 39.4 Å². The van der Waals surface area contributed by atoms with Crippen LogP contribution >= 0.6 is 0 Å². The normalized spacial score (nSPS) is 23.6. The molecular formula is C22H35N2O3+. The quantitative estimate of drug-likeness (QED) is 0.769. The molecule has 1 saturated heterocycles. The van der Waals surface area contributed by atoms with Gasteiger partial charge in [0.2, 0.25) is 0 Å². The Hall–Kier alpha value is -1.75. The lowest BCUT2D eigenvalue weighted by Crippen LogP contribution is -3.13. The number of amides is 1. The molecule has 5 nitrogen and oxygen atoms in total. The van der Waals surface area contributed by atoms with Gasteiger partial charge in [0.1, 0.15) is 0 Å². The van der Waals surface area contributed by atoms with Gasteiger partial charge in [0, 0.05) is 25.3 Å². The van der Waals surface area contributed by atoms with Crippen LogP contribution in [-0.2, 0) is 0 Å². The first-order valence-corrected chi connectivity index (χ1v) is 10.5. The van der Waals surface area contributed by atoms with Gasteiger partial charge in [-0.15, -0.1) is 0 Å². The minimum absolute atomic E-state index is 0.0808. The zero-order chi connectivity index (χ0) is 19.1. The van der Waals surface area contributed by atoms with E-state index in [1.54, 1.807) is 31.3 Å². The lowest BCUT2D eigenvalue weighted by molar-refractivity contribution is -0.909. The SMILES string of the molecule is COc1cccc(C(=O)NCC2CC[NH+](CC3CCCCC3)CC2)c1OC. The fourth-order valence-corrected chi connectivity index (χ4v) is 4.69. The molecule has 1 amide bonds. The number of benzene rings is 1. The number of para-hydroxylation sites is 1. The molecule has 1 aromatic rings. The Labute approximate surface area is 163 Å². The fraction of sp³-hybridized carbons (Fsp3) is 0.682. The first-order valence-electron chi connectivity index (χ1n) is 10.5. The van der Waals surface area contributed by atoms with Gasteiger partial charge in [0.25, 0.3) is 5.91 Å². The van der Waals surface area contributed by atoms with Crippen molar-refractivity contribution in [2.24, 2.45) is 11.8 Å². The summed E-state index contributed by atoms with van der Waals surface area (Å²) in [5, 5.41) is 3.11. The highest BCUT2D eigenvalue weighted by molar-refractivity contribution is 5.97. The molecule has 150 valence electrons. The number of carbonyl (C=O) groups excluding carboxylic acids is 1. The lowest BCUT2D eigenvalue weighted by Gasteiger charge is -2.32. The van der Waals surface area contributed by atoms with Crippen LogP contribution in [0, 0.1) is 11.8 Å². The van der Waals surface area contributed by atoms with E-state index in [2.05, 4.69) is 5.32 Å². The molecule has 0 bridgehead atoms. The molecule has 1 aliphatic carbocycles. The Bertz CT molecular complexity index is 606. The minimum Gasteiger partial charge on any atom is -0.493 e. The van der Waals surface area contributed by atoms with Crippen LogP contribution in [0.25, 0.3) is 0 Å². The first kappa shape index (κ1) is 20.0. The largest absolute Gasteiger partial charge is 0.493 e. The fourth-order valence-electron chi connectivity index (χ4n) is 4.69. The maximum absolute atomic E-state index is 12.6. The summed E-state index contributed by atoms with van der Waals surface area (Å²) in [6.45, 7) is 4.61. The topological polar surface area (TPSA) is 52.0 Å². The zero-order valence-electron chi connectivity index (χ0n) is 16.9. The average molecular weight is 376 g/mol. The van der Waals surface area contributed by atoms with Crippen LogP contribution in [0.3, 0.4) is 0 Å². The summed E-state index contributed by atoms with van der Waals surface area (Å²) in [6.07, 6.45) is 9.58. The highest BCUT2D eigenvalue weighted by atomic mass is 16.5. The molecule has 2 aliphatic rings. The molecule has 0 unspecified atom stereocenters. The molecule has 0 radical (unpaired) electrons. The zero-order valence-corrected chi connectivity index (χ0v) is 16.9. The molecule has 1 aliphatic heterocycles. The number of nitrogens with one attached hydrogen (secondary N) is 2. The Balaban J connectivity index is 1.44. The molecule has 2 N–H and O–H groups in total. The number of likely N-dealkylation sites (tertiary alicyclic amines) is 1. The van der Waals surface area contributed by atoms with E-state index in [1.165, 1.54) is 64.6 Å². The van der Waals surface area contributed by atoms with E-state index in [9.17, 15) is 4.79 Å². The third-order valence-electron chi connectivity index (χ3n) is 6.31. The maximum Gasteiger partial charge on any atom is 0.255 e. The Morgan fingerprint density at radius 1 is 1.04 bits per heavy atom. The summed E-state index contributed by atoms with van der Waals surface area (Å²) >= 11 is 0. The minimum atomic E-state index is -0.0808. The smallest absolute Gasteiger partial charge is 0.255 e. The summed E-state index contributed by atoms with van der Waals surface area (Å²) in [5.74, 6) is 2.54. The van der Waals surface area contributed by atoms with Crippen molar-refractivity contribution in [1.29, 1.82) is 0 Å². The molecule has 27 heavy (non-hydrogen) atoms. The standard InChI is InChI=1S/C22H34N2O3/c1-26-20-10-6-9-19(21(20)27-2)22(25)23-15-17-11-13-24(14-12-17)16-18-7-4-3-5-8-18/h6,9-10,17-18H,3-5,7-8,11-16H2,1-2H3,(H,23,25)/p+1. The molecule has 1 saturated carbocycles. The van der Waals surface area contributed by atoms with Gasteiger partial charge < -0.3 is 19.7 Å². The summed E-state index contributed by atoms with van der Waals surface area (Å²) in [4.78, 5) is 14.4. The lowest BCUT2D eigenvalue weighted by atomic mass is 9.88. The van der Waals surface area contributed by atoms with E-state index in [0.717, 1.165) is 12.5 Å². The van der Waals surface area contributed by atoms with Crippen molar-refractivity contribution in [3.05, 3.63) is 23.8 Å². The third kappa shape index (κ3) is 5.38. The van der Waals surface area contributed by atoms with Gasteiger partial charge in [-0.3, -0.25) is 4.79 Å². The van der Waals surface area contributed by atoms with Gasteiger partial charge in [-0.25, -0.2) is 0 Å². The Kier molecular flexibility index (Phi) is 7.39. The van der Waals surface area contributed by atoms with E-state index >= 15 is 0 Å². The monoisotopic (exact) mass is 375 g/mol. The molecule has 5 heteroatoms. The van der Waals surface area contributed by atoms with E-state index in [4.69, 9.17) is 9.47 Å². The van der Waals surface area contributed by atoms with Crippen molar-refractivity contribution in [3.63, 3.8) is 0 Å².